The van der Waals surface area contributed by atoms with Crippen LogP contribution in [0.2, 0.25) is 0 Å². The Morgan fingerprint density at radius 3 is 2.65 bits per heavy atom. The molecule has 0 aliphatic rings. The van der Waals surface area contributed by atoms with Gasteiger partial charge in [-0.1, -0.05) is 0 Å². The summed E-state index contributed by atoms with van der Waals surface area (Å²) in [7, 11) is 1.94. The molecule has 0 saturated heterocycles. The first kappa shape index (κ1) is 12.8. The van der Waals surface area contributed by atoms with Gasteiger partial charge in [-0.2, -0.15) is 0 Å². The molecule has 0 spiro atoms. The zero-order valence-electron chi connectivity index (χ0n) is 11.4. The van der Waals surface area contributed by atoms with Crippen molar-refractivity contribution in [3.8, 4) is 11.4 Å². The number of aryl methyl sites for hydroxylation is 2. The van der Waals surface area contributed by atoms with Gasteiger partial charge in [-0.3, -0.25) is 0 Å². The summed E-state index contributed by atoms with van der Waals surface area (Å²) in [5, 5.41) is 12.5. The van der Waals surface area contributed by atoms with Crippen LogP contribution in [0.15, 0.2) is 36.8 Å². The Labute approximate surface area is 121 Å². The van der Waals surface area contributed by atoms with E-state index in [1.54, 1.807) is 17.7 Å². The highest BCUT2D eigenvalue weighted by molar-refractivity contribution is 7.11. The highest BCUT2D eigenvalue weighted by Crippen LogP contribution is 2.20. The van der Waals surface area contributed by atoms with Crippen molar-refractivity contribution in [3.05, 3.63) is 46.7 Å². The smallest absolute Gasteiger partial charge is 0.163 e. The van der Waals surface area contributed by atoms with Crippen molar-refractivity contribution >= 4 is 17.0 Å². The van der Waals surface area contributed by atoms with Gasteiger partial charge in [-0.25, -0.2) is 4.98 Å². The number of benzene rings is 1. The van der Waals surface area contributed by atoms with Crippen LogP contribution < -0.4 is 5.32 Å². The second kappa shape index (κ2) is 5.42. The molecule has 1 aromatic carbocycles. The Morgan fingerprint density at radius 2 is 2.05 bits per heavy atom. The minimum atomic E-state index is 0.800. The molecule has 20 heavy (non-hydrogen) atoms. The Hall–Kier alpha value is -2.21. The van der Waals surface area contributed by atoms with Gasteiger partial charge in [0, 0.05) is 29.4 Å². The fourth-order valence-electron chi connectivity index (χ4n) is 1.96. The Morgan fingerprint density at radius 1 is 1.25 bits per heavy atom. The second-order valence-electron chi connectivity index (χ2n) is 4.54. The van der Waals surface area contributed by atoms with Gasteiger partial charge in [0.05, 0.1) is 11.6 Å². The van der Waals surface area contributed by atoms with Crippen LogP contribution in [0.5, 0.6) is 0 Å². The summed E-state index contributed by atoms with van der Waals surface area (Å²) in [6, 6.07) is 8.20. The third kappa shape index (κ3) is 2.70. The number of hydrogen-bond acceptors (Lipinski definition) is 5. The fourth-order valence-corrected chi connectivity index (χ4v) is 2.69. The zero-order chi connectivity index (χ0) is 13.9. The van der Waals surface area contributed by atoms with Gasteiger partial charge in [-0.05, 0) is 31.2 Å². The predicted molar refractivity (Wildman–Crippen MR) is 80.6 cm³/mol. The van der Waals surface area contributed by atoms with Crippen molar-refractivity contribution in [1.82, 2.24) is 19.7 Å². The molecule has 102 valence electrons. The first-order valence-electron chi connectivity index (χ1n) is 6.32. The van der Waals surface area contributed by atoms with E-state index < -0.39 is 0 Å². The molecule has 0 unspecified atom stereocenters. The molecule has 0 saturated carbocycles. The van der Waals surface area contributed by atoms with Crippen LogP contribution in [0, 0.1) is 6.92 Å². The molecule has 6 heteroatoms. The molecule has 0 bridgehead atoms. The minimum Gasteiger partial charge on any atom is -0.380 e. The molecule has 2 heterocycles. The van der Waals surface area contributed by atoms with Crippen LogP contribution in [-0.2, 0) is 13.6 Å². The molecule has 0 aliphatic heterocycles. The van der Waals surface area contributed by atoms with Crippen LogP contribution in [0.4, 0.5) is 5.69 Å². The number of anilines is 1. The standard InChI is InChI=1S/C14H15N5S/c1-10-15-7-13(20-10)8-16-12-5-3-11(4-6-12)14-18-17-9-19(14)2/h3-7,9,16H,8H2,1-2H3. The fraction of sp³-hybridized carbons (Fsp3) is 0.214. The largest absolute Gasteiger partial charge is 0.380 e. The summed E-state index contributed by atoms with van der Waals surface area (Å²) in [6.07, 6.45) is 3.62. The molecule has 3 aromatic rings. The maximum Gasteiger partial charge on any atom is 0.163 e. The van der Waals surface area contributed by atoms with E-state index in [9.17, 15) is 0 Å². The first-order valence-corrected chi connectivity index (χ1v) is 7.13. The third-order valence-electron chi connectivity index (χ3n) is 2.99. The lowest BCUT2D eigenvalue weighted by atomic mass is 10.2. The van der Waals surface area contributed by atoms with E-state index in [4.69, 9.17) is 0 Å². The van der Waals surface area contributed by atoms with Gasteiger partial charge >= 0.3 is 0 Å². The summed E-state index contributed by atoms with van der Waals surface area (Å²) in [5.41, 5.74) is 2.14. The van der Waals surface area contributed by atoms with E-state index in [1.807, 2.05) is 36.9 Å². The maximum atomic E-state index is 4.25. The van der Waals surface area contributed by atoms with E-state index in [1.165, 1.54) is 4.88 Å². The number of nitrogens with one attached hydrogen (secondary N) is 1. The van der Waals surface area contributed by atoms with Crippen molar-refractivity contribution in [2.45, 2.75) is 13.5 Å². The quantitative estimate of drug-likeness (QED) is 0.801. The van der Waals surface area contributed by atoms with Gasteiger partial charge in [0.2, 0.25) is 0 Å². The van der Waals surface area contributed by atoms with Gasteiger partial charge in [0.15, 0.2) is 5.82 Å². The van der Waals surface area contributed by atoms with Gasteiger partial charge in [-0.15, -0.1) is 21.5 Å². The van der Waals surface area contributed by atoms with Gasteiger partial charge < -0.3 is 9.88 Å². The normalized spacial score (nSPS) is 10.7. The van der Waals surface area contributed by atoms with E-state index in [2.05, 4.69) is 32.6 Å². The first-order chi connectivity index (χ1) is 9.72. The Bertz CT molecular complexity index is 698. The highest BCUT2D eigenvalue weighted by atomic mass is 32.1. The Balaban J connectivity index is 1.69. The molecule has 1 N–H and O–H groups in total. The molecule has 0 atom stereocenters. The number of hydrogen-bond donors (Lipinski definition) is 1. The van der Waals surface area contributed by atoms with Crippen LogP contribution in [0.1, 0.15) is 9.88 Å². The van der Waals surface area contributed by atoms with Crippen molar-refractivity contribution in [1.29, 1.82) is 0 Å². The predicted octanol–water partition coefficient (Wildman–Crippen LogP) is 2.86. The molecule has 0 aliphatic carbocycles. The molecule has 2 aromatic heterocycles. The minimum absolute atomic E-state index is 0.800. The third-order valence-corrected chi connectivity index (χ3v) is 3.90. The van der Waals surface area contributed by atoms with Crippen molar-refractivity contribution in [3.63, 3.8) is 0 Å². The lowest BCUT2D eigenvalue weighted by molar-refractivity contribution is 0.920. The van der Waals surface area contributed by atoms with Crippen molar-refractivity contribution < 1.29 is 0 Å². The molecule has 0 radical (unpaired) electrons. The maximum absolute atomic E-state index is 4.25. The highest BCUT2D eigenvalue weighted by Gasteiger charge is 2.04. The van der Waals surface area contributed by atoms with Crippen LogP contribution in [0.3, 0.4) is 0 Å². The molecular formula is C14H15N5S. The molecule has 5 nitrogen and oxygen atoms in total. The molecular weight excluding hydrogens is 270 g/mol. The number of rotatable bonds is 4. The van der Waals surface area contributed by atoms with E-state index in [-0.39, 0.29) is 0 Å². The SMILES string of the molecule is Cc1ncc(CNc2ccc(-c3nncn3C)cc2)s1. The lowest BCUT2D eigenvalue weighted by Crippen LogP contribution is -1.97. The number of thiazole rings is 1. The van der Waals surface area contributed by atoms with Gasteiger partial charge in [0.25, 0.3) is 0 Å². The van der Waals surface area contributed by atoms with Gasteiger partial charge in [0.1, 0.15) is 6.33 Å². The summed E-state index contributed by atoms with van der Waals surface area (Å²) in [5.74, 6) is 0.870. The van der Waals surface area contributed by atoms with E-state index in [0.29, 0.717) is 0 Å². The average molecular weight is 285 g/mol. The zero-order valence-corrected chi connectivity index (χ0v) is 12.2. The summed E-state index contributed by atoms with van der Waals surface area (Å²) >= 11 is 1.71. The van der Waals surface area contributed by atoms with Crippen molar-refractivity contribution in [2.24, 2.45) is 7.05 Å². The van der Waals surface area contributed by atoms with Crippen LogP contribution in [0.25, 0.3) is 11.4 Å². The second-order valence-corrected chi connectivity index (χ2v) is 5.86. The van der Waals surface area contributed by atoms with E-state index in [0.717, 1.165) is 28.6 Å². The molecule has 3 rings (SSSR count). The van der Waals surface area contributed by atoms with E-state index >= 15 is 0 Å². The van der Waals surface area contributed by atoms with Crippen molar-refractivity contribution in [2.75, 3.05) is 5.32 Å². The number of nitrogens with zero attached hydrogens (tertiary/aromatic N) is 4. The summed E-state index contributed by atoms with van der Waals surface area (Å²) in [6.45, 7) is 2.82. The van der Waals surface area contributed by atoms with Crippen LogP contribution in [-0.4, -0.2) is 19.7 Å². The molecule has 0 amide bonds. The summed E-state index contributed by atoms with van der Waals surface area (Å²) in [4.78, 5) is 5.48. The van der Waals surface area contributed by atoms with Crippen LogP contribution >= 0.6 is 11.3 Å². The lowest BCUT2D eigenvalue weighted by Gasteiger charge is -2.06. The topological polar surface area (TPSA) is 55.6 Å². The summed E-state index contributed by atoms with van der Waals surface area (Å²) < 4.78 is 1.91. The molecule has 0 fully saturated rings. The average Bonchev–Trinajstić information content (AvgIpc) is 3.06. The number of aromatic nitrogens is 4. The Kier molecular flexibility index (Phi) is 3.47. The monoisotopic (exact) mass is 285 g/mol.